The highest BCUT2D eigenvalue weighted by atomic mass is 15.1. The fraction of sp³-hybridized carbons (Fsp3) is 0.571. The Balaban J connectivity index is 1.93. The van der Waals surface area contributed by atoms with E-state index in [9.17, 15) is 0 Å². The molecule has 0 atom stereocenters. The van der Waals surface area contributed by atoms with Gasteiger partial charge in [0.2, 0.25) is 0 Å². The Bertz CT molecular complexity index is 310. The van der Waals surface area contributed by atoms with Gasteiger partial charge >= 0.3 is 0 Å². The van der Waals surface area contributed by atoms with Crippen molar-refractivity contribution in [3.8, 4) is 0 Å². The van der Waals surface area contributed by atoms with Crippen LogP contribution < -0.4 is 10.2 Å². The molecule has 2 nitrogen and oxygen atoms in total. The quantitative estimate of drug-likeness (QED) is 0.836. The molecular formula is C14H22N2. The highest BCUT2D eigenvalue weighted by Crippen LogP contribution is 2.20. The summed E-state index contributed by atoms with van der Waals surface area (Å²) in [5.41, 5.74) is 2.75. The molecule has 0 saturated carbocycles. The number of hydrogen-bond donors (Lipinski definition) is 1. The number of benzene rings is 1. The van der Waals surface area contributed by atoms with Crippen LogP contribution in [0.1, 0.15) is 32.3 Å². The maximum Gasteiger partial charge on any atom is 0.0366 e. The maximum absolute atomic E-state index is 3.44. The Morgan fingerprint density at radius 2 is 1.75 bits per heavy atom. The lowest BCUT2D eigenvalue weighted by Gasteiger charge is -2.18. The van der Waals surface area contributed by atoms with E-state index in [1.807, 2.05) is 0 Å². The number of anilines is 1. The average Bonchev–Trinajstić information content (AvgIpc) is 2.80. The summed E-state index contributed by atoms with van der Waals surface area (Å²) in [6, 6.07) is 9.54. The van der Waals surface area contributed by atoms with Gasteiger partial charge in [-0.3, -0.25) is 0 Å². The van der Waals surface area contributed by atoms with Crippen molar-refractivity contribution < 1.29 is 0 Å². The second kappa shape index (κ2) is 5.35. The van der Waals surface area contributed by atoms with Crippen LogP contribution in [0.2, 0.25) is 0 Å². The lowest BCUT2D eigenvalue weighted by molar-refractivity contribution is 0.589. The molecule has 0 amide bonds. The van der Waals surface area contributed by atoms with Gasteiger partial charge in [-0.2, -0.15) is 0 Å². The van der Waals surface area contributed by atoms with Gasteiger partial charge in [-0.25, -0.2) is 0 Å². The zero-order chi connectivity index (χ0) is 11.4. The van der Waals surface area contributed by atoms with Crippen LogP contribution in [-0.4, -0.2) is 19.1 Å². The number of nitrogens with one attached hydrogen (secondary N) is 1. The molecule has 1 saturated heterocycles. The third kappa shape index (κ3) is 2.99. The summed E-state index contributed by atoms with van der Waals surface area (Å²) in [5, 5.41) is 3.44. The molecule has 1 N–H and O–H groups in total. The van der Waals surface area contributed by atoms with Crippen molar-refractivity contribution in [2.75, 3.05) is 18.0 Å². The van der Waals surface area contributed by atoms with Gasteiger partial charge in [-0.15, -0.1) is 0 Å². The van der Waals surface area contributed by atoms with Gasteiger partial charge < -0.3 is 10.2 Å². The molecule has 0 aromatic heterocycles. The molecule has 2 heteroatoms. The van der Waals surface area contributed by atoms with Gasteiger partial charge in [0.15, 0.2) is 0 Å². The SMILES string of the molecule is CC(C)NCc1ccc(N2CCCC2)cc1. The number of hydrogen-bond acceptors (Lipinski definition) is 2. The van der Waals surface area contributed by atoms with Crippen LogP contribution in [-0.2, 0) is 6.54 Å². The summed E-state index contributed by atoms with van der Waals surface area (Å²) >= 11 is 0. The van der Waals surface area contributed by atoms with Gasteiger partial charge in [0, 0.05) is 31.4 Å². The Morgan fingerprint density at radius 3 is 2.31 bits per heavy atom. The Hall–Kier alpha value is -1.02. The Kier molecular flexibility index (Phi) is 3.83. The molecule has 1 aromatic carbocycles. The largest absolute Gasteiger partial charge is 0.372 e. The molecule has 1 heterocycles. The summed E-state index contributed by atoms with van der Waals surface area (Å²) in [4.78, 5) is 2.47. The van der Waals surface area contributed by atoms with Gasteiger partial charge in [-0.05, 0) is 30.5 Å². The first-order chi connectivity index (χ1) is 7.75. The summed E-state index contributed by atoms with van der Waals surface area (Å²) in [7, 11) is 0. The number of rotatable bonds is 4. The minimum atomic E-state index is 0.554. The van der Waals surface area contributed by atoms with Crippen molar-refractivity contribution in [2.24, 2.45) is 0 Å². The predicted octanol–water partition coefficient (Wildman–Crippen LogP) is 2.78. The van der Waals surface area contributed by atoms with E-state index in [4.69, 9.17) is 0 Å². The van der Waals surface area contributed by atoms with Crippen molar-refractivity contribution >= 4 is 5.69 Å². The minimum Gasteiger partial charge on any atom is -0.372 e. The van der Waals surface area contributed by atoms with Crippen LogP contribution in [0.15, 0.2) is 24.3 Å². The fourth-order valence-electron chi connectivity index (χ4n) is 2.12. The number of nitrogens with zero attached hydrogens (tertiary/aromatic N) is 1. The van der Waals surface area contributed by atoms with Crippen molar-refractivity contribution in [3.05, 3.63) is 29.8 Å². The van der Waals surface area contributed by atoms with E-state index in [2.05, 4.69) is 48.3 Å². The van der Waals surface area contributed by atoms with Crippen molar-refractivity contribution in [2.45, 2.75) is 39.3 Å². The Morgan fingerprint density at radius 1 is 1.12 bits per heavy atom. The van der Waals surface area contributed by atoms with Crippen LogP contribution in [0.5, 0.6) is 0 Å². The Labute approximate surface area is 98.7 Å². The molecule has 2 rings (SSSR count). The summed E-state index contributed by atoms with van der Waals surface area (Å²) in [6.45, 7) is 7.78. The first-order valence-electron chi connectivity index (χ1n) is 6.33. The van der Waals surface area contributed by atoms with Crippen LogP contribution >= 0.6 is 0 Å². The second-order valence-corrected chi connectivity index (χ2v) is 4.90. The molecule has 0 unspecified atom stereocenters. The van der Waals surface area contributed by atoms with E-state index in [1.54, 1.807) is 0 Å². The van der Waals surface area contributed by atoms with E-state index in [1.165, 1.54) is 37.2 Å². The van der Waals surface area contributed by atoms with Crippen LogP contribution in [0.3, 0.4) is 0 Å². The van der Waals surface area contributed by atoms with E-state index in [-0.39, 0.29) is 0 Å². The lowest BCUT2D eigenvalue weighted by Crippen LogP contribution is -2.22. The smallest absolute Gasteiger partial charge is 0.0366 e. The average molecular weight is 218 g/mol. The normalized spacial score (nSPS) is 16.1. The van der Waals surface area contributed by atoms with Crippen molar-refractivity contribution in [1.82, 2.24) is 5.32 Å². The van der Waals surface area contributed by atoms with Crippen LogP contribution in [0, 0.1) is 0 Å². The molecule has 1 aliphatic rings. The summed E-state index contributed by atoms with van der Waals surface area (Å²) in [5.74, 6) is 0. The first kappa shape index (κ1) is 11.5. The highest BCUT2D eigenvalue weighted by molar-refractivity contribution is 5.48. The molecular weight excluding hydrogens is 196 g/mol. The van der Waals surface area contributed by atoms with Crippen LogP contribution in [0.25, 0.3) is 0 Å². The van der Waals surface area contributed by atoms with E-state index in [0.717, 1.165) is 6.54 Å². The molecule has 0 spiro atoms. The molecule has 1 fully saturated rings. The summed E-state index contributed by atoms with van der Waals surface area (Å²) < 4.78 is 0. The lowest BCUT2D eigenvalue weighted by atomic mass is 10.2. The summed E-state index contributed by atoms with van der Waals surface area (Å²) in [6.07, 6.45) is 2.69. The molecule has 0 bridgehead atoms. The molecule has 1 aromatic rings. The zero-order valence-electron chi connectivity index (χ0n) is 10.4. The molecule has 16 heavy (non-hydrogen) atoms. The van der Waals surface area contributed by atoms with Crippen LogP contribution in [0.4, 0.5) is 5.69 Å². The molecule has 1 aliphatic heterocycles. The molecule has 0 radical (unpaired) electrons. The van der Waals surface area contributed by atoms with E-state index < -0.39 is 0 Å². The van der Waals surface area contributed by atoms with Gasteiger partial charge in [0.25, 0.3) is 0 Å². The predicted molar refractivity (Wildman–Crippen MR) is 69.9 cm³/mol. The van der Waals surface area contributed by atoms with Gasteiger partial charge in [0.05, 0.1) is 0 Å². The topological polar surface area (TPSA) is 15.3 Å². The maximum atomic E-state index is 3.44. The van der Waals surface area contributed by atoms with E-state index >= 15 is 0 Å². The van der Waals surface area contributed by atoms with Gasteiger partial charge in [0.1, 0.15) is 0 Å². The first-order valence-corrected chi connectivity index (χ1v) is 6.33. The highest BCUT2D eigenvalue weighted by Gasteiger charge is 2.11. The minimum absolute atomic E-state index is 0.554. The van der Waals surface area contributed by atoms with Crippen molar-refractivity contribution in [3.63, 3.8) is 0 Å². The fourth-order valence-corrected chi connectivity index (χ4v) is 2.12. The van der Waals surface area contributed by atoms with Gasteiger partial charge in [-0.1, -0.05) is 26.0 Å². The van der Waals surface area contributed by atoms with E-state index in [0.29, 0.717) is 6.04 Å². The molecule has 88 valence electrons. The monoisotopic (exact) mass is 218 g/mol. The zero-order valence-corrected chi connectivity index (χ0v) is 10.4. The third-order valence-electron chi connectivity index (χ3n) is 3.12. The molecule has 0 aliphatic carbocycles. The standard InChI is InChI=1S/C14H22N2/c1-12(2)15-11-13-5-7-14(8-6-13)16-9-3-4-10-16/h5-8,12,15H,3-4,9-11H2,1-2H3. The third-order valence-corrected chi connectivity index (χ3v) is 3.12. The second-order valence-electron chi connectivity index (χ2n) is 4.90. The van der Waals surface area contributed by atoms with Crippen molar-refractivity contribution in [1.29, 1.82) is 0 Å².